The van der Waals surface area contributed by atoms with Crippen LogP contribution in [0.1, 0.15) is 11.1 Å². The van der Waals surface area contributed by atoms with Crippen LogP contribution >= 0.6 is 11.8 Å². The number of benzene rings is 2. The van der Waals surface area contributed by atoms with Crippen molar-refractivity contribution < 1.29 is 4.74 Å². The number of ether oxygens (including phenoxy) is 1. The van der Waals surface area contributed by atoms with Crippen molar-refractivity contribution in [1.82, 2.24) is 0 Å². The molecule has 0 radical (unpaired) electrons. The number of hydrogen-bond donors (Lipinski definition) is 2. The molecule has 4 heteroatoms. The molecular formula is C15H16N2OS. The highest BCUT2D eigenvalue weighted by Gasteiger charge is 2.07. The fourth-order valence-electron chi connectivity index (χ4n) is 1.83. The highest BCUT2D eigenvalue weighted by Crippen LogP contribution is 2.35. The van der Waals surface area contributed by atoms with E-state index in [1.807, 2.05) is 49.4 Å². The first-order valence-electron chi connectivity index (χ1n) is 5.87. The van der Waals surface area contributed by atoms with Gasteiger partial charge in [-0.3, -0.25) is 5.41 Å². The zero-order chi connectivity index (χ0) is 13.8. The molecule has 0 saturated carbocycles. The molecule has 3 nitrogen and oxygen atoms in total. The fraction of sp³-hybridized carbons (Fsp3) is 0.133. The Morgan fingerprint density at radius 2 is 1.95 bits per heavy atom. The monoisotopic (exact) mass is 272 g/mol. The van der Waals surface area contributed by atoms with E-state index >= 15 is 0 Å². The Hall–Kier alpha value is -1.94. The van der Waals surface area contributed by atoms with Crippen LogP contribution in [0.3, 0.4) is 0 Å². The Balaban J connectivity index is 2.29. The van der Waals surface area contributed by atoms with Gasteiger partial charge in [0, 0.05) is 10.5 Å². The molecule has 0 aromatic heterocycles. The van der Waals surface area contributed by atoms with Crippen molar-refractivity contribution in [2.24, 2.45) is 5.73 Å². The highest BCUT2D eigenvalue weighted by atomic mass is 32.2. The summed E-state index contributed by atoms with van der Waals surface area (Å²) in [6, 6.07) is 13.8. The first-order chi connectivity index (χ1) is 9.11. The standard InChI is InChI=1S/C15H16N2OS/c1-10-9-11(7-8-12(10)15(16)17)19-14-6-4-3-5-13(14)18-2/h3-9H,1-2H3,(H3,16,17). The number of hydrogen-bond acceptors (Lipinski definition) is 3. The van der Waals surface area contributed by atoms with E-state index in [4.69, 9.17) is 15.9 Å². The molecule has 19 heavy (non-hydrogen) atoms. The predicted octanol–water partition coefficient (Wildman–Crippen LogP) is 3.44. The molecule has 0 bridgehead atoms. The molecule has 0 heterocycles. The van der Waals surface area contributed by atoms with Gasteiger partial charge in [-0.05, 0) is 42.8 Å². The Morgan fingerprint density at radius 1 is 1.21 bits per heavy atom. The number of rotatable bonds is 4. The Bertz CT molecular complexity index is 611. The smallest absolute Gasteiger partial charge is 0.132 e. The Labute approximate surface area is 117 Å². The van der Waals surface area contributed by atoms with Crippen LogP contribution in [0.4, 0.5) is 0 Å². The third kappa shape index (κ3) is 3.09. The van der Waals surface area contributed by atoms with Gasteiger partial charge in [-0.1, -0.05) is 23.9 Å². The molecule has 3 N–H and O–H groups in total. The Morgan fingerprint density at radius 3 is 2.58 bits per heavy atom. The summed E-state index contributed by atoms with van der Waals surface area (Å²) in [4.78, 5) is 2.17. The van der Waals surface area contributed by atoms with Gasteiger partial charge in [0.1, 0.15) is 11.6 Å². The molecule has 0 unspecified atom stereocenters. The van der Waals surface area contributed by atoms with E-state index in [1.54, 1.807) is 18.9 Å². The first kappa shape index (κ1) is 13.5. The number of methoxy groups -OCH3 is 1. The minimum Gasteiger partial charge on any atom is -0.496 e. The lowest BCUT2D eigenvalue weighted by Crippen LogP contribution is -2.12. The average Bonchev–Trinajstić information content (AvgIpc) is 2.39. The second-order valence-electron chi connectivity index (χ2n) is 4.14. The molecule has 0 aliphatic carbocycles. The minimum atomic E-state index is 0.103. The summed E-state index contributed by atoms with van der Waals surface area (Å²) >= 11 is 1.64. The van der Waals surface area contributed by atoms with E-state index in [2.05, 4.69) is 0 Å². The topological polar surface area (TPSA) is 59.1 Å². The van der Waals surface area contributed by atoms with Gasteiger partial charge in [0.2, 0.25) is 0 Å². The van der Waals surface area contributed by atoms with Crippen molar-refractivity contribution in [3.63, 3.8) is 0 Å². The van der Waals surface area contributed by atoms with Gasteiger partial charge in [-0.25, -0.2) is 0 Å². The lowest BCUT2D eigenvalue weighted by molar-refractivity contribution is 0.405. The molecule has 0 aliphatic rings. The molecule has 0 aliphatic heterocycles. The van der Waals surface area contributed by atoms with Gasteiger partial charge in [0.15, 0.2) is 0 Å². The van der Waals surface area contributed by atoms with Crippen molar-refractivity contribution in [3.8, 4) is 5.75 Å². The van der Waals surface area contributed by atoms with E-state index in [1.165, 1.54) is 0 Å². The molecule has 2 aromatic carbocycles. The van der Waals surface area contributed by atoms with Gasteiger partial charge in [-0.2, -0.15) is 0 Å². The zero-order valence-corrected chi connectivity index (χ0v) is 11.8. The summed E-state index contributed by atoms with van der Waals surface area (Å²) in [5, 5.41) is 7.48. The van der Waals surface area contributed by atoms with E-state index in [-0.39, 0.29) is 5.84 Å². The van der Waals surface area contributed by atoms with Crippen LogP contribution < -0.4 is 10.5 Å². The maximum atomic E-state index is 7.48. The number of nitrogens with two attached hydrogens (primary N) is 1. The first-order valence-corrected chi connectivity index (χ1v) is 6.69. The van der Waals surface area contributed by atoms with Gasteiger partial charge in [0.25, 0.3) is 0 Å². The zero-order valence-electron chi connectivity index (χ0n) is 10.9. The summed E-state index contributed by atoms with van der Waals surface area (Å²) in [6.07, 6.45) is 0. The molecule has 0 amide bonds. The molecular weight excluding hydrogens is 256 g/mol. The van der Waals surface area contributed by atoms with Crippen LogP contribution in [0.15, 0.2) is 52.3 Å². The predicted molar refractivity (Wildman–Crippen MR) is 79.3 cm³/mol. The molecule has 98 valence electrons. The summed E-state index contributed by atoms with van der Waals surface area (Å²) in [5.41, 5.74) is 7.31. The number of nitrogen functional groups attached to an aromatic ring is 1. The molecule has 2 rings (SSSR count). The number of aryl methyl sites for hydroxylation is 1. The SMILES string of the molecule is COc1ccccc1Sc1ccc(C(=N)N)c(C)c1. The van der Waals surface area contributed by atoms with Crippen LogP contribution in [0.5, 0.6) is 5.75 Å². The van der Waals surface area contributed by atoms with Gasteiger partial charge in [0.05, 0.1) is 12.0 Å². The van der Waals surface area contributed by atoms with Crippen molar-refractivity contribution in [3.05, 3.63) is 53.6 Å². The minimum absolute atomic E-state index is 0.103. The molecule has 0 spiro atoms. The third-order valence-electron chi connectivity index (χ3n) is 2.78. The Kier molecular flexibility index (Phi) is 4.12. The highest BCUT2D eigenvalue weighted by molar-refractivity contribution is 7.99. The van der Waals surface area contributed by atoms with Crippen LogP contribution in [0.2, 0.25) is 0 Å². The number of nitrogens with one attached hydrogen (secondary N) is 1. The van der Waals surface area contributed by atoms with Crippen LogP contribution in [0, 0.1) is 12.3 Å². The average molecular weight is 272 g/mol. The van der Waals surface area contributed by atoms with Crippen LogP contribution in [0.25, 0.3) is 0 Å². The van der Waals surface area contributed by atoms with E-state index in [0.717, 1.165) is 26.7 Å². The summed E-state index contributed by atoms with van der Waals surface area (Å²) in [6.45, 7) is 1.96. The quantitative estimate of drug-likeness (QED) is 0.662. The maximum absolute atomic E-state index is 7.48. The second kappa shape index (κ2) is 5.80. The normalized spacial score (nSPS) is 10.2. The van der Waals surface area contributed by atoms with Crippen LogP contribution in [-0.4, -0.2) is 12.9 Å². The van der Waals surface area contributed by atoms with Crippen molar-refractivity contribution in [1.29, 1.82) is 5.41 Å². The molecule has 0 saturated heterocycles. The maximum Gasteiger partial charge on any atom is 0.132 e. The fourth-order valence-corrected chi connectivity index (χ4v) is 2.86. The lowest BCUT2D eigenvalue weighted by Gasteiger charge is -2.09. The van der Waals surface area contributed by atoms with Crippen molar-refractivity contribution >= 4 is 17.6 Å². The summed E-state index contributed by atoms with van der Waals surface area (Å²) in [7, 11) is 1.67. The third-order valence-corrected chi connectivity index (χ3v) is 3.83. The number of amidine groups is 1. The van der Waals surface area contributed by atoms with E-state index < -0.39 is 0 Å². The van der Waals surface area contributed by atoms with E-state index in [9.17, 15) is 0 Å². The lowest BCUT2D eigenvalue weighted by atomic mass is 10.1. The molecule has 0 fully saturated rings. The van der Waals surface area contributed by atoms with Gasteiger partial charge >= 0.3 is 0 Å². The van der Waals surface area contributed by atoms with Gasteiger partial charge < -0.3 is 10.5 Å². The molecule has 0 atom stereocenters. The van der Waals surface area contributed by atoms with Gasteiger partial charge in [-0.15, -0.1) is 0 Å². The van der Waals surface area contributed by atoms with Crippen molar-refractivity contribution in [2.45, 2.75) is 16.7 Å². The summed E-state index contributed by atoms with van der Waals surface area (Å²) in [5.74, 6) is 0.965. The summed E-state index contributed by atoms with van der Waals surface area (Å²) < 4.78 is 5.33. The number of para-hydroxylation sites is 1. The second-order valence-corrected chi connectivity index (χ2v) is 5.26. The van der Waals surface area contributed by atoms with Crippen molar-refractivity contribution in [2.75, 3.05) is 7.11 Å². The largest absolute Gasteiger partial charge is 0.496 e. The van der Waals surface area contributed by atoms with E-state index in [0.29, 0.717) is 0 Å². The van der Waals surface area contributed by atoms with Crippen LogP contribution in [-0.2, 0) is 0 Å². The molecule has 2 aromatic rings.